The fourth-order valence-electron chi connectivity index (χ4n) is 3.51. The van der Waals surface area contributed by atoms with Crippen molar-refractivity contribution in [3.8, 4) is 11.5 Å². The Hall–Kier alpha value is -2.67. The van der Waals surface area contributed by atoms with Gasteiger partial charge < -0.3 is 19.1 Å². The molecule has 7 heteroatoms. The molecular weight excluding hydrogens is 351 g/mol. The molecule has 1 atom stereocenters. The third kappa shape index (κ3) is 4.19. The van der Waals surface area contributed by atoms with Gasteiger partial charge in [0.2, 0.25) is 0 Å². The fourth-order valence-corrected chi connectivity index (χ4v) is 3.51. The minimum atomic E-state index is -0.337. The van der Waals surface area contributed by atoms with Crippen LogP contribution in [0.2, 0.25) is 0 Å². The summed E-state index contributed by atoms with van der Waals surface area (Å²) in [4.78, 5) is 18.1. The van der Waals surface area contributed by atoms with Gasteiger partial charge in [0.1, 0.15) is 29.0 Å². The first kappa shape index (κ1) is 17.7. The number of aromatic nitrogens is 1. The molecule has 4 rings (SSSR count). The van der Waals surface area contributed by atoms with Crippen molar-refractivity contribution in [1.82, 2.24) is 9.88 Å². The van der Waals surface area contributed by atoms with Crippen molar-refractivity contribution in [2.24, 2.45) is 0 Å². The van der Waals surface area contributed by atoms with Crippen LogP contribution in [-0.4, -0.2) is 53.8 Å². The van der Waals surface area contributed by atoms with Crippen LogP contribution >= 0.6 is 0 Å². The van der Waals surface area contributed by atoms with E-state index in [0.717, 1.165) is 18.6 Å². The van der Waals surface area contributed by atoms with Gasteiger partial charge in [0.25, 0.3) is 5.91 Å². The molecule has 1 aromatic heterocycles. The fraction of sp³-hybridized carbons (Fsp3) is 0.400. The maximum absolute atomic E-state index is 12.9. The highest BCUT2D eigenvalue weighted by Crippen LogP contribution is 2.35. The second kappa shape index (κ2) is 7.52. The quantitative estimate of drug-likeness (QED) is 0.807. The lowest BCUT2D eigenvalue weighted by molar-refractivity contribution is -0.194. The number of pyridine rings is 1. The Labute approximate surface area is 156 Å². The lowest BCUT2D eigenvalue weighted by Crippen LogP contribution is -2.68. The average molecular weight is 372 g/mol. The Kier molecular flexibility index (Phi) is 4.94. The lowest BCUT2D eigenvalue weighted by atomic mass is 9.84. The van der Waals surface area contributed by atoms with E-state index in [1.165, 1.54) is 24.3 Å². The van der Waals surface area contributed by atoms with Crippen molar-refractivity contribution in [2.45, 2.75) is 24.5 Å². The molecular formula is C20H21FN2O4. The van der Waals surface area contributed by atoms with Gasteiger partial charge in [0.05, 0.1) is 25.9 Å². The molecule has 0 aliphatic carbocycles. The summed E-state index contributed by atoms with van der Waals surface area (Å²) in [5.41, 5.74) is -0.337. The molecule has 0 bridgehead atoms. The minimum Gasteiger partial charge on any atom is -0.489 e. The first-order valence-corrected chi connectivity index (χ1v) is 8.99. The van der Waals surface area contributed by atoms with E-state index in [1.807, 2.05) is 12.1 Å². The number of likely N-dealkylation sites (tertiary alicyclic amines) is 1. The summed E-state index contributed by atoms with van der Waals surface area (Å²) in [6.45, 7) is 1.60. The second-order valence-corrected chi connectivity index (χ2v) is 6.95. The number of rotatable bonds is 5. The first-order valence-electron chi connectivity index (χ1n) is 8.99. The van der Waals surface area contributed by atoms with E-state index in [4.69, 9.17) is 14.2 Å². The van der Waals surface area contributed by atoms with Gasteiger partial charge in [-0.15, -0.1) is 0 Å². The van der Waals surface area contributed by atoms with Crippen molar-refractivity contribution < 1.29 is 23.4 Å². The van der Waals surface area contributed by atoms with Gasteiger partial charge in [0.15, 0.2) is 6.61 Å². The molecule has 3 heterocycles. The summed E-state index contributed by atoms with van der Waals surface area (Å²) < 4.78 is 30.3. The minimum absolute atomic E-state index is 0.0515. The molecule has 2 fully saturated rings. The maximum atomic E-state index is 12.9. The highest BCUT2D eigenvalue weighted by molar-refractivity contribution is 5.79. The highest BCUT2D eigenvalue weighted by atomic mass is 19.1. The van der Waals surface area contributed by atoms with Gasteiger partial charge in [-0.2, -0.15) is 0 Å². The molecule has 2 saturated heterocycles. The lowest BCUT2D eigenvalue weighted by Gasteiger charge is -2.52. The monoisotopic (exact) mass is 372 g/mol. The van der Waals surface area contributed by atoms with E-state index >= 15 is 0 Å². The van der Waals surface area contributed by atoms with Gasteiger partial charge in [-0.05, 0) is 36.4 Å². The van der Waals surface area contributed by atoms with E-state index in [9.17, 15) is 9.18 Å². The van der Waals surface area contributed by atoms with Crippen molar-refractivity contribution in [1.29, 1.82) is 0 Å². The number of benzene rings is 1. The number of carbonyl (C=O) groups is 1. The van der Waals surface area contributed by atoms with Crippen LogP contribution in [0.3, 0.4) is 0 Å². The predicted molar refractivity (Wildman–Crippen MR) is 95.0 cm³/mol. The number of ether oxygens (including phenoxy) is 3. The van der Waals surface area contributed by atoms with Gasteiger partial charge in [0, 0.05) is 19.0 Å². The van der Waals surface area contributed by atoms with Crippen LogP contribution in [0.25, 0.3) is 0 Å². The van der Waals surface area contributed by atoms with E-state index in [-0.39, 0.29) is 30.0 Å². The molecule has 0 radical (unpaired) electrons. The number of nitrogens with zero attached hydrogens (tertiary/aromatic N) is 2. The first-order chi connectivity index (χ1) is 13.1. The number of hydrogen-bond acceptors (Lipinski definition) is 5. The summed E-state index contributed by atoms with van der Waals surface area (Å²) in [6.07, 6.45) is 5.02. The Morgan fingerprint density at radius 3 is 2.81 bits per heavy atom. The topological polar surface area (TPSA) is 60.9 Å². The van der Waals surface area contributed by atoms with Gasteiger partial charge in [-0.1, -0.05) is 0 Å². The molecule has 2 aliphatic rings. The third-order valence-corrected chi connectivity index (χ3v) is 4.87. The zero-order valence-electron chi connectivity index (χ0n) is 14.8. The third-order valence-electron chi connectivity index (χ3n) is 4.87. The molecule has 0 unspecified atom stereocenters. The smallest absolute Gasteiger partial charge is 0.260 e. The summed E-state index contributed by atoms with van der Waals surface area (Å²) in [5.74, 6) is 0.776. The number of amides is 1. The summed E-state index contributed by atoms with van der Waals surface area (Å²) in [5, 5.41) is 0. The number of hydrogen-bond donors (Lipinski definition) is 0. The van der Waals surface area contributed by atoms with Gasteiger partial charge >= 0.3 is 0 Å². The Bertz CT molecular complexity index is 778. The Morgan fingerprint density at radius 2 is 2.07 bits per heavy atom. The van der Waals surface area contributed by atoms with E-state index in [1.54, 1.807) is 17.3 Å². The van der Waals surface area contributed by atoms with Crippen LogP contribution in [0, 0.1) is 5.82 Å². The molecule has 2 aromatic rings. The molecule has 2 aliphatic heterocycles. The van der Waals surface area contributed by atoms with Crippen LogP contribution in [-0.2, 0) is 9.53 Å². The molecule has 1 amide bonds. The molecule has 6 nitrogen and oxygen atoms in total. The molecule has 27 heavy (non-hydrogen) atoms. The summed E-state index contributed by atoms with van der Waals surface area (Å²) >= 11 is 0. The normalized spacial score (nSPS) is 20.8. The van der Waals surface area contributed by atoms with Gasteiger partial charge in [-0.25, -0.2) is 4.39 Å². The zero-order valence-corrected chi connectivity index (χ0v) is 14.8. The molecule has 0 saturated carbocycles. The van der Waals surface area contributed by atoms with Crippen molar-refractivity contribution in [3.05, 3.63) is 54.6 Å². The van der Waals surface area contributed by atoms with E-state index in [2.05, 4.69) is 4.98 Å². The number of carbonyl (C=O) groups excluding carboxylic acids is 1. The summed E-state index contributed by atoms with van der Waals surface area (Å²) in [7, 11) is 0. The SMILES string of the molecule is O=C(COc1ccc(F)cc1)N1CC2(C[C@H](Oc3cccnc3)CCO2)C1. The van der Waals surface area contributed by atoms with Crippen LogP contribution in [0.15, 0.2) is 48.8 Å². The molecule has 142 valence electrons. The van der Waals surface area contributed by atoms with Crippen LogP contribution < -0.4 is 9.47 Å². The number of halogens is 1. The molecule has 1 spiro atoms. The van der Waals surface area contributed by atoms with Crippen LogP contribution in [0.5, 0.6) is 11.5 Å². The second-order valence-electron chi connectivity index (χ2n) is 6.95. The van der Waals surface area contributed by atoms with Crippen LogP contribution in [0.1, 0.15) is 12.8 Å². The van der Waals surface area contributed by atoms with Crippen molar-refractivity contribution in [2.75, 3.05) is 26.3 Å². The molecule has 0 N–H and O–H groups in total. The Balaban J connectivity index is 1.26. The predicted octanol–water partition coefficient (Wildman–Crippen LogP) is 2.44. The van der Waals surface area contributed by atoms with E-state index < -0.39 is 0 Å². The van der Waals surface area contributed by atoms with Gasteiger partial charge in [-0.3, -0.25) is 9.78 Å². The Morgan fingerprint density at radius 1 is 1.26 bits per heavy atom. The average Bonchev–Trinajstić information content (AvgIpc) is 2.66. The zero-order chi connectivity index (χ0) is 18.7. The summed E-state index contributed by atoms with van der Waals surface area (Å²) in [6, 6.07) is 9.34. The maximum Gasteiger partial charge on any atom is 0.260 e. The van der Waals surface area contributed by atoms with Crippen molar-refractivity contribution in [3.63, 3.8) is 0 Å². The highest BCUT2D eigenvalue weighted by Gasteiger charge is 2.49. The van der Waals surface area contributed by atoms with Crippen molar-refractivity contribution >= 4 is 5.91 Å². The largest absolute Gasteiger partial charge is 0.489 e. The standard InChI is InChI=1S/C20H21FN2O4/c21-15-3-5-16(6-4-15)25-12-19(24)23-13-20(14-23)10-17(7-9-26-20)27-18-2-1-8-22-11-18/h1-6,8,11,17H,7,9-10,12-14H2/t17-/m1/s1. The molecule has 1 aromatic carbocycles. The van der Waals surface area contributed by atoms with Crippen LogP contribution in [0.4, 0.5) is 4.39 Å². The van der Waals surface area contributed by atoms with E-state index in [0.29, 0.717) is 25.4 Å².